The third-order valence-corrected chi connectivity index (χ3v) is 5.51. The smallest absolute Gasteiger partial charge is 0.321 e. The van der Waals surface area contributed by atoms with E-state index in [-0.39, 0.29) is 5.69 Å². The Morgan fingerprint density at radius 3 is 2.42 bits per heavy atom. The Labute approximate surface area is 192 Å². The van der Waals surface area contributed by atoms with Crippen LogP contribution < -0.4 is 5.32 Å². The fourth-order valence-electron chi connectivity index (χ4n) is 3.37. The zero-order valence-electron chi connectivity index (χ0n) is 17.5. The molecule has 0 fully saturated rings. The van der Waals surface area contributed by atoms with Crippen molar-refractivity contribution in [2.75, 3.05) is 5.32 Å². The summed E-state index contributed by atoms with van der Waals surface area (Å²) in [6, 6.07) is 11.6. The van der Waals surface area contributed by atoms with Gasteiger partial charge >= 0.3 is 6.18 Å². The van der Waals surface area contributed by atoms with Gasteiger partial charge in [-0.2, -0.15) is 23.4 Å². The van der Waals surface area contributed by atoms with Crippen LogP contribution in [-0.2, 0) is 6.18 Å². The van der Waals surface area contributed by atoms with Gasteiger partial charge in [0.2, 0.25) is 0 Å². The normalized spacial score (nSPS) is 11.5. The number of aryl methyl sites for hydroxylation is 2. The van der Waals surface area contributed by atoms with Gasteiger partial charge in [0.25, 0.3) is 5.91 Å². The minimum atomic E-state index is -4.72. The van der Waals surface area contributed by atoms with E-state index in [1.165, 1.54) is 12.4 Å². The fourth-order valence-corrected chi connectivity index (χ4v) is 3.61. The SMILES string of the molecule is Cc1cc(-c2cccc(C)c2Cl)ccc1C(=O)Nc1cnc(-n2nccn2)c(C(F)(F)F)c1. The first-order valence-corrected chi connectivity index (χ1v) is 10.1. The minimum Gasteiger partial charge on any atom is -0.321 e. The highest BCUT2D eigenvalue weighted by atomic mass is 35.5. The largest absolute Gasteiger partial charge is 0.420 e. The summed E-state index contributed by atoms with van der Waals surface area (Å²) in [7, 11) is 0. The minimum absolute atomic E-state index is 0.103. The van der Waals surface area contributed by atoms with E-state index in [0.717, 1.165) is 33.8 Å². The molecule has 0 saturated carbocycles. The molecule has 1 amide bonds. The predicted molar refractivity (Wildman–Crippen MR) is 118 cm³/mol. The molecule has 2 aromatic heterocycles. The maximum absolute atomic E-state index is 13.6. The first-order chi connectivity index (χ1) is 15.6. The number of carbonyl (C=O) groups excluding carboxylic acids is 1. The van der Waals surface area contributed by atoms with Gasteiger partial charge in [-0.3, -0.25) is 4.79 Å². The van der Waals surface area contributed by atoms with Crippen molar-refractivity contribution >= 4 is 23.2 Å². The molecular weight excluding hydrogens is 455 g/mol. The highest BCUT2D eigenvalue weighted by Gasteiger charge is 2.36. The number of rotatable bonds is 4. The van der Waals surface area contributed by atoms with E-state index >= 15 is 0 Å². The first kappa shape index (κ1) is 22.5. The van der Waals surface area contributed by atoms with Gasteiger partial charge in [0.1, 0.15) is 5.56 Å². The number of hydrogen-bond acceptors (Lipinski definition) is 4. The van der Waals surface area contributed by atoms with Crippen LogP contribution in [0.1, 0.15) is 27.0 Å². The number of anilines is 1. The number of alkyl halides is 3. The van der Waals surface area contributed by atoms with E-state index in [1.54, 1.807) is 25.1 Å². The summed E-state index contributed by atoms with van der Waals surface area (Å²) in [5.41, 5.74) is 2.36. The molecule has 4 rings (SSSR count). The Bertz CT molecular complexity index is 1340. The summed E-state index contributed by atoms with van der Waals surface area (Å²) in [5, 5.41) is 10.5. The Balaban J connectivity index is 1.63. The van der Waals surface area contributed by atoms with E-state index in [9.17, 15) is 18.0 Å². The Kier molecular flexibility index (Phi) is 5.90. The third kappa shape index (κ3) is 4.58. The van der Waals surface area contributed by atoms with Crippen molar-refractivity contribution in [2.45, 2.75) is 20.0 Å². The van der Waals surface area contributed by atoms with Crippen LogP contribution in [0.15, 0.2) is 61.1 Å². The van der Waals surface area contributed by atoms with Crippen LogP contribution in [0.4, 0.5) is 18.9 Å². The zero-order chi connectivity index (χ0) is 23.8. The molecule has 33 heavy (non-hydrogen) atoms. The van der Waals surface area contributed by atoms with Gasteiger partial charge in [-0.1, -0.05) is 41.9 Å². The number of nitrogens with zero attached hydrogens (tertiary/aromatic N) is 4. The summed E-state index contributed by atoms with van der Waals surface area (Å²) in [6.45, 7) is 3.64. The molecule has 0 aliphatic carbocycles. The number of hydrogen-bond donors (Lipinski definition) is 1. The molecule has 0 radical (unpaired) electrons. The molecule has 168 valence electrons. The molecule has 6 nitrogen and oxygen atoms in total. The number of halogens is 4. The molecule has 2 heterocycles. The van der Waals surface area contributed by atoms with Crippen molar-refractivity contribution in [3.63, 3.8) is 0 Å². The highest BCUT2D eigenvalue weighted by molar-refractivity contribution is 6.34. The summed E-state index contributed by atoms with van der Waals surface area (Å²) < 4.78 is 40.7. The van der Waals surface area contributed by atoms with Crippen LogP contribution in [-0.4, -0.2) is 25.9 Å². The van der Waals surface area contributed by atoms with E-state index < -0.39 is 23.5 Å². The number of nitrogens with one attached hydrogen (secondary N) is 1. The summed E-state index contributed by atoms with van der Waals surface area (Å²) in [6.07, 6.45) is -1.11. The number of pyridine rings is 1. The van der Waals surface area contributed by atoms with Crippen molar-refractivity contribution in [3.05, 3.63) is 88.3 Å². The molecule has 1 N–H and O–H groups in total. The van der Waals surface area contributed by atoms with Crippen LogP contribution in [0.25, 0.3) is 16.9 Å². The quantitative estimate of drug-likeness (QED) is 0.404. The fraction of sp³-hybridized carbons (Fsp3) is 0.130. The molecule has 0 aliphatic heterocycles. The molecule has 0 aliphatic rings. The van der Waals surface area contributed by atoms with E-state index in [0.29, 0.717) is 16.1 Å². The third-order valence-electron chi connectivity index (χ3n) is 5.01. The van der Waals surface area contributed by atoms with Gasteiger partial charge in [-0.25, -0.2) is 4.98 Å². The molecule has 4 aromatic rings. The second kappa shape index (κ2) is 8.67. The van der Waals surface area contributed by atoms with Gasteiger partial charge < -0.3 is 5.32 Å². The number of amides is 1. The van der Waals surface area contributed by atoms with Crippen LogP contribution in [0.2, 0.25) is 5.02 Å². The second-order valence-electron chi connectivity index (χ2n) is 7.33. The number of carbonyl (C=O) groups is 1. The molecule has 0 spiro atoms. The van der Waals surface area contributed by atoms with Crippen LogP contribution in [0.3, 0.4) is 0 Å². The predicted octanol–water partition coefficient (Wildman–Crippen LogP) is 5.87. The van der Waals surface area contributed by atoms with Crippen LogP contribution in [0, 0.1) is 13.8 Å². The van der Waals surface area contributed by atoms with E-state index in [1.807, 2.05) is 25.1 Å². The van der Waals surface area contributed by atoms with Gasteiger partial charge in [0, 0.05) is 11.1 Å². The molecule has 0 unspecified atom stereocenters. The Morgan fingerprint density at radius 1 is 1.03 bits per heavy atom. The topological polar surface area (TPSA) is 72.7 Å². The molecule has 0 atom stereocenters. The van der Waals surface area contributed by atoms with Crippen LogP contribution in [0.5, 0.6) is 0 Å². The second-order valence-corrected chi connectivity index (χ2v) is 7.71. The molecule has 0 saturated heterocycles. The molecular formula is C23H17ClF3N5O. The molecule has 0 bridgehead atoms. The van der Waals surface area contributed by atoms with E-state index in [4.69, 9.17) is 11.6 Å². The number of aromatic nitrogens is 4. The average molecular weight is 472 g/mol. The van der Waals surface area contributed by atoms with Crippen molar-refractivity contribution in [3.8, 4) is 16.9 Å². The lowest BCUT2D eigenvalue weighted by molar-refractivity contribution is -0.137. The maximum Gasteiger partial charge on any atom is 0.420 e. The monoisotopic (exact) mass is 471 g/mol. The lowest BCUT2D eigenvalue weighted by Crippen LogP contribution is -2.17. The van der Waals surface area contributed by atoms with Gasteiger partial charge in [-0.05, 0) is 42.7 Å². The van der Waals surface area contributed by atoms with Crippen LogP contribution >= 0.6 is 11.6 Å². The summed E-state index contributed by atoms with van der Waals surface area (Å²) in [4.78, 5) is 17.4. The standard InChI is InChI=1S/C23H17ClF3N5O/c1-13-4-3-5-18(20(13)24)15-6-7-17(14(2)10-15)22(33)31-16-11-19(23(25,26)27)21(28-12-16)32-29-8-9-30-32/h3-12H,1-2H3,(H,31,33). The van der Waals surface area contributed by atoms with Gasteiger partial charge in [0.15, 0.2) is 5.82 Å². The van der Waals surface area contributed by atoms with Crippen molar-refractivity contribution < 1.29 is 18.0 Å². The van der Waals surface area contributed by atoms with Gasteiger partial charge in [-0.15, -0.1) is 4.80 Å². The zero-order valence-corrected chi connectivity index (χ0v) is 18.2. The lowest BCUT2D eigenvalue weighted by atomic mass is 9.98. The van der Waals surface area contributed by atoms with Gasteiger partial charge in [0.05, 0.1) is 29.3 Å². The van der Waals surface area contributed by atoms with Crippen molar-refractivity contribution in [1.29, 1.82) is 0 Å². The summed E-state index contributed by atoms with van der Waals surface area (Å²) >= 11 is 6.40. The molecule has 10 heteroatoms. The van der Waals surface area contributed by atoms with Crippen molar-refractivity contribution in [1.82, 2.24) is 20.0 Å². The Morgan fingerprint density at radius 2 is 1.76 bits per heavy atom. The molecule has 2 aromatic carbocycles. The average Bonchev–Trinajstić information content (AvgIpc) is 3.29. The van der Waals surface area contributed by atoms with E-state index in [2.05, 4.69) is 20.5 Å². The Hall–Kier alpha value is -3.72. The lowest BCUT2D eigenvalue weighted by Gasteiger charge is -2.14. The first-order valence-electron chi connectivity index (χ1n) is 9.76. The summed E-state index contributed by atoms with van der Waals surface area (Å²) in [5.74, 6) is -1.05. The maximum atomic E-state index is 13.6. The highest BCUT2D eigenvalue weighted by Crippen LogP contribution is 2.35. The van der Waals surface area contributed by atoms with Crippen molar-refractivity contribution in [2.24, 2.45) is 0 Å². The number of benzene rings is 2.